The first-order valence-corrected chi connectivity index (χ1v) is 6.11. The van der Waals surface area contributed by atoms with Crippen molar-refractivity contribution in [2.75, 3.05) is 6.54 Å². The first kappa shape index (κ1) is 13.7. The summed E-state index contributed by atoms with van der Waals surface area (Å²) in [4.78, 5) is 13.4. The van der Waals surface area contributed by atoms with Crippen LogP contribution in [-0.2, 0) is 6.54 Å². The van der Waals surface area contributed by atoms with Crippen LogP contribution in [0.4, 0.5) is 0 Å². The zero-order valence-corrected chi connectivity index (χ0v) is 10.8. The van der Waals surface area contributed by atoms with Crippen LogP contribution in [0, 0.1) is 0 Å². The summed E-state index contributed by atoms with van der Waals surface area (Å²) in [5, 5.41) is 9.13. The molecular weight excluding hydrogens is 214 g/mol. The van der Waals surface area contributed by atoms with Gasteiger partial charge in [0.2, 0.25) is 0 Å². The minimum Gasteiger partial charge on any atom is -0.478 e. The first-order chi connectivity index (χ1) is 8.06. The maximum atomic E-state index is 11.1. The van der Waals surface area contributed by atoms with Gasteiger partial charge in [-0.25, -0.2) is 4.79 Å². The lowest BCUT2D eigenvalue weighted by Crippen LogP contribution is -2.31. The van der Waals surface area contributed by atoms with E-state index < -0.39 is 5.97 Å². The van der Waals surface area contributed by atoms with Crippen molar-refractivity contribution in [3.63, 3.8) is 0 Å². The molecule has 0 heterocycles. The van der Waals surface area contributed by atoms with Gasteiger partial charge < -0.3 is 5.11 Å². The Morgan fingerprint density at radius 2 is 2.00 bits per heavy atom. The van der Waals surface area contributed by atoms with Crippen molar-refractivity contribution in [2.45, 2.75) is 39.8 Å². The first-order valence-electron chi connectivity index (χ1n) is 6.11. The van der Waals surface area contributed by atoms with Gasteiger partial charge in [0.05, 0.1) is 5.56 Å². The van der Waals surface area contributed by atoms with Gasteiger partial charge in [-0.1, -0.05) is 25.1 Å². The fourth-order valence-corrected chi connectivity index (χ4v) is 1.89. The van der Waals surface area contributed by atoms with E-state index in [1.54, 1.807) is 12.1 Å². The molecule has 0 saturated carbocycles. The average Bonchev–Trinajstić information content (AvgIpc) is 2.28. The molecule has 1 rings (SSSR count). The topological polar surface area (TPSA) is 40.5 Å². The summed E-state index contributed by atoms with van der Waals surface area (Å²) in [7, 11) is 0. The maximum Gasteiger partial charge on any atom is 0.336 e. The number of rotatable bonds is 6. The zero-order chi connectivity index (χ0) is 12.8. The van der Waals surface area contributed by atoms with Crippen molar-refractivity contribution in [3.8, 4) is 0 Å². The molecule has 0 aliphatic heterocycles. The van der Waals surface area contributed by atoms with Gasteiger partial charge in [-0.3, -0.25) is 4.90 Å². The summed E-state index contributed by atoms with van der Waals surface area (Å²) >= 11 is 0. The van der Waals surface area contributed by atoms with Crippen LogP contribution in [0.1, 0.15) is 43.1 Å². The third-order valence-corrected chi connectivity index (χ3v) is 2.86. The Morgan fingerprint density at radius 1 is 1.35 bits per heavy atom. The monoisotopic (exact) mass is 235 g/mol. The number of nitrogens with zero attached hydrogens (tertiary/aromatic N) is 1. The van der Waals surface area contributed by atoms with E-state index in [4.69, 9.17) is 5.11 Å². The third-order valence-electron chi connectivity index (χ3n) is 2.86. The Balaban J connectivity index is 2.88. The summed E-state index contributed by atoms with van der Waals surface area (Å²) in [6.07, 6.45) is 1.08. The van der Waals surface area contributed by atoms with E-state index in [0.717, 1.165) is 18.5 Å². The second-order valence-corrected chi connectivity index (χ2v) is 4.53. The highest BCUT2D eigenvalue weighted by molar-refractivity contribution is 5.89. The maximum absolute atomic E-state index is 11.1. The molecule has 1 N–H and O–H groups in total. The van der Waals surface area contributed by atoms with Crippen molar-refractivity contribution in [1.29, 1.82) is 0 Å². The van der Waals surface area contributed by atoms with Gasteiger partial charge in [0.1, 0.15) is 0 Å². The van der Waals surface area contributed by atoms with Crippen molar-refractivity contribution >= 4 is 5.97 Å². The van der Waals surface area contributed by atoms with E-state index >= 15 is 0 Å². The number of carbonyl (C=O) groups is 1. The van der Waals surface area contributed by atoms with Crippen LogP contribution in [0.3, 0.4) is 0 Å². The molecule has 0 bridgehead atoms. The Labute approximate surface area is 103 Å². The molecule has 0 radical (unpaired) electrons. The van der Waals surface area contributed by atoms with Crippen LogP contribution in [-0.4, -0.2) is 28.6 Å². The van der Waals surface area contributed by atoms with Gasteiger partial charge in [-0.05, 0) is 38.4 Å². The van der Waals surface area contributed by atoms with Gasteiger partial charge in [0.25, 0.3) is 0 Å². The predicted octanol–water partition coefficient (Wildman–Crippen LogP) is 3.01. The quantitative estimate of drug-likeness (QED) is 0.824. The highest BCUT2D eigenvalue weighted by Gasteiger charge is 2.14. The molecule has 0 unspecified atom stereocenters. The number of aromatic carboxylic acids is 1. The van der Waals surface area contributed by atoms with E-state index in [1.165, 1.54) is 0 Å². The lowest BCUT2D eigenvalue weighted by molar-refractivity contribution is 0.0693. The Kier molecular flexibility index (Phi) is 5.16. The van der Waals surface area contributed by atoms with Crippen molar-refractivity contribution in [3.05, 3.63) is 35.4 Å². The SMILES string of the molecule is CCCN(Cc1ccccc1C(=O)O)C(C)C. The molecule has 0 aliphatic rings. The Morgan fingerprint density at radius 3 is 2.53 bits per heavy atom. The molecule has 0 amide bonds. The molecule has 3 nitrogen and oxygen atoms in total. The minimum absolute atomic E-state index is 0.411. The van der Waals surface area contributed by atoms with E-state index in [1.807, 2.05) is 12.1 Å². The molecule has 1 aromatic carbocycles. The van der Waals surface area contributed by atoms with Gasteiger partial charge in [-0.2, -0.15) is 0 Å². The van der Waals surface area contributed by atoms with E-state index in [0.29, 0.717) is 18.2 Å². The fraction of sp³-hybridized carbons (Fsp3) is 0.500. The number of hydrogen-bond donors (Lipinski definition) is 1. The number of hydrogen-bond acceptors (Lipinski definition) is 2. The minimum atomic E-state index is -0.846. The fourth-order valence-electron chi connectivity index (χ4n) is 1.89. The molecule has 3 heteroatoms. The number of benzene rings is 1. The van der Waals surface area contributed by atoms with Crippen LogP contribution < -0.4 is 0 Å². The lowest BCUT2D eigenvalue weighted by atomic mass is 10.1. The molecule has 0 fully saturated rings. The van der Waals surface area contributed by atoms with Gasteiger partial charge in [0, 0.05) is 12.6 Å². The smallest absolute Gasteiger partial charge is 0.336 e. The Hall–Kier alpha value is -1.35. The summed E-state index contributed by atoms with van der Waals surface area (Å²) in [5.74, 6) is -0.846. The third kappa shape index (κ3) is 3.86. The molecular formula is C14H21NO2. The van der Waals surface area contributed by atoms with E-state index in [-0.39, 0.29) is 0 Å². The molecule has 0 aromatic heterocycles. The second kappa shape index (κ2) is 6.40. The van der Waals surface area contributed by atoms with Crippen LogP contribution in [0.15, 0.2) is 24.3 Å². The molecule has 17 heavy (non-hydrogen) atoms. The second-order valence-electron chi connectivity index (χ2n) is 4.53. The molecule has 94 valence electrons. The summed E-state index contributed by atoms with van der Waals surface area (Å²) in [6.45, 7) is 8.11. The average molecular weight is 235 g/mol. The van der Waals surface area contributed by atoms with E-state index in [2.05, 4.69) is 25.7 Å². The molecule has 0 aliphatic carbocycles. The molecule has 0 saturated heterocycles. The normalized spacial score (nSPS) is 11.1. The molecule has 1 aromatic rings. The predicted molar refractivity (Wildman–Crippen MR) is 69.2 cm³/mol. The van der Waals surface area contributed by atoms with Gasteiger partial charge in [-0.15, -0.1) is 0 Å². The number of carboxylic acids is 1. The lowest BCUT2D eigenvalue weighted by Gasteiger charge is -2.26. The van der Waals surface area contributed by atoms with Gasteiger partial charge >= 0.3 is 5.97 Å². The molecule has 0 atom stereocenters. The molecule has 0 spiro atoms. The van der Waals surface area contributed by atoms with Crippen molar-refractivity contribution in [2.24, 2.45) is 0 Å². The summed E-state index contributed by atoms with van der Waals surface area (Å²) < 4.78 is 0. The standard InChI is InChI=1S/C14H21NO2/c1-4-9-15(11(2)3)10-12-7-5-6-8-13(12)14(16)17/h5-8,11H,4,9-10H2,1-3H3,(H,16,17). The van der Waals surface area contributed by atoms with Crippen molar-refractivity contribution in [1.82, 2.24) is 4.90 Å². The largest absolute Gasteiger partial charge is 0.478 e. The van der Waals surface area contributed by atoms with Crippen LogP contribution >= 0.6 is 0 Å². The van der Waals surface area contributed by atoms with Crippen LogP contribution in [0.25, 0.3) is 0 Å². The van der Waals surface area contributed by atoms with Crippen molar-refractivity contribution < 1.29 is 9.90 Å². The summed E-state index contributed by atoms with van der Waals surface area (Å²) in [6, 6.07) is 7.66. The van der Waals surface area contributed by atoms with Crippen LogP contribution in [0.5, 0.6) is 0 Å². The van der Waals surface area contributed by atoms with Gasteiger partial charge in [0.15, 0.2) is 0 Å². The summed E-state index contributed by atoms with van der Waals surface area (Å²) in [5.41, 5.74) is 1.30. The van der Waals surface area contributed by atoms with Crippen LogP contribution in [0.2, 0.25) is 0 Å². The highest BCUT2D eigenvalue weighted by atomic mass is 16.4. The zero-order valence-electron chi connectivity index (χ0n) is 10.8. The Bertz CT molecular complexity index is 374. The van der Waals surface area contributed by atoms with E-state index in [9.17, 15) is 4.79 Å². The highest BCUT2D eigenvalue weighted by Crippen LogP contribution is 2.14. The number of carboxylic acid groups (broad SMARTS) is 1.